The number of thioether (sulfide) groups is 1. The average Bonchev–Trinajstić information content (AvgIpc) is 2.39. The van der Waals surface area contributed by atoms with Gasteiger partial charge < -0.3 is 11.1 Å². The number of carbonyl (C=O) groups is 2. The summed E-state index contributed by atoms with van der Waals surface area (Å²) in [5, 5.41) is 2.78. The first kappa shape index (κ1) is 15.7. The van der Waals surface area contributed by atoms with Crippen molar-refractivity contribution >= 4 is 23.5 Å². The van der Waals surface area contributed by atoms with Crippen LogP contribution in [0.2, 0.25) is 0 Å². The number of carbonyl (C=O) groups excluding carboxylic acids is 2. The minimum atomic E-state index is -0.0495. The van der Waals surface area contributed by atoms with Crippen molar-refractivity contribution < 1.29 is 9.59 Å². The predicted octanol–water partition coefficient (Wildman–Crippen LogP) is 1.46. The maximum absolute atomic E-state index is 11.8. The first-order valence-electron chi connectivity index (χ1n) is 6.28. The summed E-state index contributed by atoms with van der Waals surface area (Å²) in [6.07, 6.45) is 0.763. The Morgan fingerprint density at radius 1 is 1.26 bits per heavy atom. The highest BCUT2D eigenvalue weighted by atomic mass is 32.2. The van der Waals surface area contributed by atoms with Gasteiger partial charge in [-0.15, -0.1) is 11.8 Å². The van der Waals surface area contributed by atoms with Crippen LogP contribution >= 0.6 is 11.8 Å². The number of nitrogens with one attached hydrogen (secondary N) is 1. The standard InChI is InChI=1S/C14H20N2O2S/c1-11(15)7-8-16-14(18)10-19-9-13(17)12-5-3-2-4-6-12/h2-6,11H,7-10,15H2,1H3,(H,16,18). The van der Waals surface area contributed by atoms with E-state index in [0.717, 1.165) is 6.42 Å². The molecule has 0 heterocycles. The number of benzene rings is 1. The van der Waals surface area contributed by atoms with Crippen molar-refractivity contribution in [1.29, 1.82) is 0 Å². The quantitative estimate of drug-likeness (QED) is 0.707. The molecule has 0 aromatic heterocycles. The maximum atomic E-state index is 11.8. The van der Waals surface area contributed by atoms with Crippen LogP contribution < -0.4 is 11.1 Å². The fraction of sp³-hybridized carbons (Fsp3) is 0.429. The van der Waals surface area contributed by atoms with Gasteiger partial charge in [-0.25, -0.2) is 0 Å². The third kappa shape index (κ3) is 6.98. The molecule has 1 aromatic carbocycles. The lowest BCUT2D eigenvalue weighted by molar-refractivity contribution is -0.118. The molecule has 0 saturated heterocycles. The lowest BCUT2D eigenvalue weighted by Crippen LogP contribution is -2.30. The van der Waals surface area contributed by atoms with Crippen LogP contribution in [0.1, 0.15) is 23.7 Å². The molecule has 1 unspecified atom stereocenters. The second kappa shape index (κ2) is 8.72. The van der Waals surface area contributed by atoms with E-state index < -0.39 is 0 Å². The Morgan fingerprint density at radius 2 is 1.95 bits per heavy atom. The molecule has 0 spiro atoms. The van der Waals surface area contributed by atoms with E-state index in [2.05, 4.69) is 5.32 Å². The van der Waals surface area contributed by atoms with E-state index in [-0.39, 0.29) is 17.7 Å². The molecule has 104 valence electrons. The van der Waals surface area contributed by atoms with Crippen molar-refractivity contribution in [3.63, 3.8) is 0 Å². The Balaban J connectivity index is 2.16. The molecule has 0 aliphatic heterocycles. The van der Waals surface area contributed by atoms with Gasteiger partial charge in [-0.3, -0.25) is 9.59 Å². The van der Waals surface area contributed by atoms with E-state index in [0.29, 0.717) is 23.6 Å². The van der Waals surface area contributed by atoms with E-state index in [1.54, 1.807) is 12.1 Å². The van der Waals surface area contributed by atoms with Gasteiger partial charge in [0.25, 0.3) is 0 Å². The monoisotopic (exact) mass is 280 g/mol. The zero-order chi connectivity index (χ0) is 14.1. The van der Waals surface area contributed by atoms with Gasteiger partial charge in [0.2, 0.25) is 5.91 Å². The van der Waals surface area contributed by atoms with E-state index in [4.69, 9.17) is 5.73 Å². The molecule has 0 bridgehead atoms. The van der Waals surface area contributed by atoms with Gasteiger partial charge in [-0.05, 0) is 13.3 Å². The van der Waals surface area contributed by atoms with Crippen LogP contribution in [0.3, 0.4) is 0 Å². The smallest absolute Gasteiger partial charge is 0.230 e. The fourth-order valence-electron chi connectivity index (χ4n) is 1.43. The summed E-state index contributed by atoms with van der Waals surface area (Å²) in [5.41, 5.74) is 6.27. The second-order valence-electron chi connectivity index (χ2n) is 4.40. The maximum Gasteiger partial charge on any atom is 0.230 e. The molecular formula is C14H20N2O2S. The third-order valence-electron chi connectivity index (χ3n) is 2.48. The summed E-state index contributed by atoms with van der Waals surface area (Å²) in [6, 6.07) is 9.19. The molecule has 1 rings (SSSR count). The lowest BCUT2D eigenvalue weighted by Gasteiger charge is -2.07. The van der Waals surface area contributed by atoms with Crippen LogP contribution in [0.5, 0.6) is 0 Å². The largest absolute Gasteiger partial charge is 0.355 e. The normalized spacial score (nSPS) is 11.9. The number of ketones is 1. The number of nitrogens with two attached hydrogens (primary N) is 1. The molecule has 1 aromatic rings. The summed E-state index contributed by atoms with van der Waals surface area (Å²) in [5.74, 6) is 0.628. The van der Waals surface area contributed by atoms with Crippen molar-refractivity contribution in [2.45, 2.75) is 19.4 Å². The first-order valence-corrected chi connectivity index (χ1v) is 7.43. The molecule has 0 radical (unpaired) electrons. The minimum absolute atomic E-state index is 0.0495. The highest BCUT2D eigenvalue weighted by molar-refractivity contribution is 8.00. The molecule has 1 amide bonds. The van der Waals surface area contributed by atoms with Crippen LogP contribution in [0, 0.1) is 0 Å². The van der Waals surface area contributed by atoms with Crippen molar-refractivity contribution in [3.05, 3.63) is 35.9 Å². The zero-order valence-electron chi connectivity index (χ0n) is 11.1. The summed E-state index contributed by atoms with van der Waals surface area (Å²) in [4.78, 5) is 23.2. The van der Waals surface area contributed by atoms with Crippen molar-refractivity contribution in [1.82, 2.24) is 5.32 Å². The van der Waals surface area contributed by atoms with Crippen LogP contribution in [0.25, 0.3) is 0 Å². The van der Waals surface area contributed by atoms with Gasteiger partial charge in [-0.1, -0.05) is 30.3 Å². The van der Waals surface area contributed by atoms with E-state index >= 15 is 0 Å². The van der Waals surface area contributed by atoms with Crippen molar-refractivity contribution in [2.75, 3.05) is 18.1 Å². The molecule has 0 aliphatic rings. The molecule has 0 aliphatic carbocycles. The topological polar surface area (TPSA) is 72.2 Å². The zero-order valence-corrected chi connectivity index (χ0v) is 11.9. The molecular weight excluding hydrogens is 260 g/mol. The molecule has 0 fully saturated rings. The summed E-state index contributed by atoms with van der Waals surface area (Å²) >= 11 is 1.33. The van der Waals surface area contributed by atoms with Gasteiger partial charge in [0, 0.05) is 18.2 Å². The Hall–Kier alpha value is -1.33. The van der Waals surface area contributed by atoms with E-state index in [1.807, 2.05) is 25.1 Å². The van der Waals surface area contributed by atoms with Gasteiger partial charge in [0.15, 0.2) is 5.78 Å². The molecule has 3 N–H and O–H groups in total. The second-order valence-corrected chi connectivity index (χ2v) is 5.38. The van der Waals surface area contributed by atoms with Crippen molar-refractivity contribution in [2.24, 2.45) is 5.73 Å². The Bertz CT molecular complexity index is 407. The highest BCUT2D eigenvalue weighted by Gasteiger charge is 2.07. The number of amides is 1. The number of hydrogen-bond acceptors (Lipinski definition) is 4. The predicted molar refractivity (Wildman–Crippen MR) is 79.4 cm³/mol. The number of rotatable bonds is 8. The summed E-state index contributed by atoms with van der Waals surface area (Å²) in [7, 11) is 0. The summed E-state index contributed by atoms with van der Waals surface area (Å²) < 4.78 is 0. The number of hydrogen-bond donors (Lipinski definition) is 2. The van der Waals surface area contributed by atoms with Gasteiger partial charge in [0.1, 0.15) is 0 Å². The molecule has 4 nitrogen and oxygen atoms in total. The highest BCUT2D eigenvalue weighted by Crippen LogP contribution is 2.06. The average molecular weight is 280 g/mol. The Morgan fingerprint density at radius 3 is 2.58 bits per heavy atom. The summed E-state index contributed by atoms with van der Waals surface area (Å²) in [6.45, 7) is 2.49. The fourth-order valence-corrected chi connectivity index (χ4v) is 2.18. The molecule has 5 heteroatoms. The lowest BCUT2D eigenvalue weighted by atomic mass is 10.2. The van der Waals surface area contributed by atoms with Crippen LogP contribution in [0.4, 0.5) is 0 Å². The molecule has 19 heavy (non-hydrogen) atoms. The third-order valence-corrected chi connectivity index (χ3v) is 3.42. The Labute approximate surface area is 118 Å². The van der Waals surface area contributed by atoms with E-state index in [1.165, 1.54) is 11.8 Å². The SMILES string of the molecule is CC(N)CCNC(=O)CSCC(=O)c1ccccc1. The van der Waals surface area contributed by atoms with E-state index in [9.17, 15) is 9.59 Å². The van der Waals surface area contributed by atoms with Crippen molar-refractivity contribution in [3.8, 4) is 0 Å². The van der Waals surface area contributed by atoms with Gasteiger partial charge >= 0.3 is 0 Å². The van der Waals surface area contributed by atoms with Gasteiger partial charge in [-0.2, -0.15) is 0 Å². The van der Waals surface area contributed by atoms with Crippen LogP contribution in [-0.2, 0) is 4.79 Å². The van der Waals surface area contributed by atoms with Crippen LogP contribution in [-0.4, -0.2) is 35.8 Å². The Kier molecular flexibility index (Phi) is 7.22. The first-order chi connectivity index (χ1) is 9.09. The van der Waals surface area contributed by atoms with Gasteiger partial charge in [0.05, 0.1) is 11.5 Å². The molecule has 0 saturated carbocycles. The van der Waals surface area contributed by atoms with Crippen LogP contribution in [0.15, 0.2) is 30.3 Å². The molecule has 1 atom stereocenters. The minimum Gasteiger partial charge on any atom is -0.355 e. The number of Topliss-reactive ketones (excluding diaryl/α,β-unsaturated/α-hetero) is 1.